The maximum atomic E-state index is 12.9. The van der Waals surface area contributed by atoms with E-state index in [2.05, 4.69) is 33.7 Å². The van der Waals surface area contributed by atoms with Crippen LogP contribution in [0.15, 0.2) is 91.0 Å². The molecule has 0 bridgehead atoms. The van der Waals surface area contributed by atoms with E-state index in [1.807, 2.05) is 72.8 Å². The van der Waals surface area contributed by atoms with Crippen molar-refractivity contribution in [1.82, 2.24) is 15.0 Å². The molecular formula is C26H22N4O2. The Labute approximate surface area is 185 Å². The lowest BCUT2D eigenvalue weighted by atomic mass is 10.1. The van der Waals surface area contributed by atoms with Crippen LogP contribution in [0.25, 0.3) is 27.5 Å². The van der Waals surface area contributed by atoms with Crippen molar-refractivity contribution in [3.8, 4) is 11.4 Å². The summed E-state index contributed by atoms with van der Waals surface area (Å²) in [6.45, 7) is 3.48. The topological polar surface area (TPSA) is 69.0 Å². The molecule has 0 saturated carbocycles. The van der Waals surface area contributed by atoms with Gasteiger partial charge in [-0.2, -0.15) is 0 Å². The number of nitrogens with one attached hydrogen (secondary N) is 1. The molecule has 6 nitrogen and oxygen atoms in total. The standard InChI is InChI=1S/C26H22N4O2/c1-26(2,32-20-11-4-3-5-12-20)25(31)27-19-15-16-22-23(17-19)29-30(28-22)24-14-8-10-18-9-6-7-13-21(18)24/h3-17H,1-2H3,(H,27,31). The minimum atomic E-state index is -1.04. The molecule has 0 spiro atoms. The number of hydrogen-bond donors (Lipinski definition) is 1. The zero-order valence-electron chi connectivity index (χ0n) is 17.8. The van der Waals surface area contributed by atoms with Crippen LogP contribution in [0.2, 0.25) is 0 Å². The van der Waals surface area contributed by atoms with Gasteiger partial charge in [-0.15, -0.1) is 15.0 Å². The molecule has 1 amide bonds. The number of amides is 1. The van der Waals surface area contributed by atoms with Crippen molar-refractivity contribution in [3.05, 3.63) is 91.0 Å². The van der Waals surface area contributed by atoms with Crippen LogP contribution < -0.4 is 10.1 Å². The van der Waals surface area contributed by atoms with Gasteiger partial charge >= 0.3 is 0 Å². The quantitative estimate of drug-likeness (QED) is 0.413. The first-order valence-electron chi connectivity index (χ1n) is 10.4. The number of para-hydroxylation sites is 1. The van der Waals surface area contributed by atoms with Gasteiger partial charge in [-0.25, -0.2) is 0 Å². The molecule has 0 radical (unpaired) electrons. The Morgan fingerprint density at radius 3 is 2.41 bits per heavy atom. The van der Waals surface area contributed by atoms with Crippen molar-refractivity contribution >= 4 is 33.4 Å². The van der Waals surface area contributed by atoms with Gasteiger partial charge in [-0.3, -0.25) is 4.79 Å². The van der Waals surface area contributed by atoms with Crippen molar-refractivity contribution in [1.29, 1.82) is 0 Å². The average molecular weight is 422 g/mol. The number of carbonyl (C=O) groups is 1. The maximum Gasteiger partial charge on any atom is 0.267 e. The fourth-order valence-corrected chi connectivity index (χ4v) is 3.59. The van der Waals surface area contributed by atoms with Crippen LogP contribution in [0.1, 0.15) is 13.8 Å². The summed E-state index contributed by atoms with van der Waals surface area (Å²) in [6, 6.07) is 29.0. The molecule has 5 rings (SSSR count). The van der Waals surface area contributed by atoms with Crippen LogP contribution in [0.3, 0.4) is 0 Å². The van der Waals surface area contributed by atoms with Gasteiger partial charge in [-0.1, -0.05) is 54.6 Å². The van der Waals surface area contributed by atoms with Crippen molar-refractivity contribution in [2.75, 3.05) is 5.32 Å². The van der Waals surface area contributed by atoms with Crippen molar-refractivity contribution in [2.24, 2.45) is 0 Å². The highest BCUT2D eigenvalue weighted by atomic mass is 16.5. The number of carbonyl (C=O) groups excluding carboxylic acids is 1. The van der Waals surface area contributed by atoms with Crippen LogP contribution >= 0.6 is 0 Å². The fourth-order valence-electron chi connectivity index (χ4n) is 3.59. The molecule has 0 aliphatic rings. The molecule has 32 heavy (non-hydrogen) atoms. The van der Waals surface area contributed by atoms with Crippen LogP contribution in [-0.2, 0) is 4.79 Å². The van der Waals surface area contributed by atoms with Gasteiger partial charge in [0.25, 0.3) is 5.91 Å². The highest BCUT2D eigenvalue weighted by molar-refractivity contribution is 5.98. The second-order valence-corrected chi connectivity index (χ2v) is 8.07. The largest absolute Gasteiger partial charge is 0.478 e. The third-order valence-electron chi connectivity index (χ3n) is 5.28. The third-order valence-corrected chi connectivity index (χ3v) is 5.28. The summed E-state index contributed by atoms with van der Waals surface area (Å²) in [5.41, 5.74) is 1.93. The van der Waals surface area contributed by atoms with Gasteiger partial charge in [0.1, 0.15) is 16.8 Å². The van der Waals surface area contributed by atoms with E-state index in [0.29, 0.717) is 17.0 Å². The lowest BCUT2D eigenvalue weighted by Crippen LogP contribution is -2.42. The van der Waals surface area contributed by atoms with E-state index in [9.17, 15) is 4.79 Å². The highest BCUT2D eigenvalue weighted by Crippen LogP contribution is 2.24. The van der Waals surface area contributed by atoms with E-state index in [1.165, 1.54) is 0 Å². The van der Waals surface area contributed by atoms with E-state index in [1.54, 1.807) is 18.6 Å². The first-order chi connectivity index (χ1) is 15.5. The molecule has 158 valence electrons. The van der Waals surface area contributed by atoms with Gasteiger partial charge in [0.05, 0.1) is 5.69 Å². The summed E-state index contributed by atoms with van der Waals surface area (Å²) in [5, 5.41) is 14.4. The molecule has 0 aliphatic heterocycles. The van der Waals surface area contributed by atoms with E-state index in [4.69, 9.17) is 4.74 Å². The number of nitrogens with zero attached hydrogens (tertiary/aromatic N) is 3. The van der Waals surface area contributed by atoms with E-state index < -0.39 is 5.60 Å². The smallest absolute Gasteiger partial charge is 0.267 e. The van der Waals surface area contributed by atoms with Crippen molar-refractivity contribution < 1.29 is 9.53 Å². The van der Waals surface area contributed by atoms with Gasteiger partial charge in [0.2, 0.25) is 0 Å². The molecular weight excluding hydrogens is 400 g/mol. The van der Waals surface area contributed by atoms with E-state index in [-0.39, 0.29) is 5.91 Å². The molecule has 0 fully saturated rings. The molecule has 0 atom stereocenters. The Morgan fingerprint density at radius 1 is 0.844 bits per heavy atom. The highest BCUT2D eigenvalue weighted by Gasteiger charge is 2.30. The van der Waals surface area contributed by atoms with Crippen LogP contribution in [-0.4, -0.2) is 26.5 Å². The molecule has 5 aromatic rings. The Kier molecular flexibility index (Phi) is 4.82. The fraction of sp³-hybridized carbons (Fsp3) is 0.115. The summed E-state index contributed by atoms with van der Waals surface area (Å²) in [7, 11) is 0. The minimum absolute atomic E-state index is 0.248. The Balaban J connectivity index is 1.41. The van der Waals surface area contributed by atoms with Crippen LogP contribution in [0.5, 0.6) is 5.75 Å². The molecule has 1 aromatic heterocycles. The summed E-state index contributed by atoms with van der Waals surface area (Å²) in [4.78, 5) is 14.5. The number of rotatable bonds is 5. The first-order valence-corrected chi connectivity index (χ1v) is 10.4. The van der Waals surface area contributed by atoms with Gasteiger partial charge in [0.15, 0.2) is 5.60 Å². The van der Waals surface area contributed by atoms with Crippen LogP contribution in [0, 0.1) is 0 Å². The zero-order valence-corrected chi connectivity index (χ0v) is 17.8. The second-order valence-electron chi connectivity index (χ2n) is 8.07. The number of anilines is 1. The number of benzene rings is 4. The maximum absolute atomic E-state index is 12.9. The summed E-state index contributed by atoms with van der Waals surface area (Å²) in [5.74, 6) is 0.392. The van der Waals surface area contributed by atoms with Crippen molar-refractivity contribution in [3.63, 3.8) is 0 Å². The normalized spacial score (nSPS) is 11.6. The molecule has 1 N–H and O–H groups in total. The second kappa shape index (κ2) is 7.81. The van der Waals surface area contributed by atoms with Crippen molar-refractivity contribution in [2.45, 2.75) is 19.4 Å². The van der Waals surface area contributed by atoms with Gasteiger partial charge < -0.3 is 10.1 Å². The lowest BCUT2D eigenvalue weighted by molar-refractivity contribution is -0.128. The summed E-state index contributed by atoms with van der Waals surface area (Å²) >= 11 is 0. The van der Waals surface area contributed by atoms with Crippen LogP contribution in [0.4, 0.5) is 5.69 Å². The number of aromatic nitrogens is 3. The molecule has 4 aromatic carbocycles. The summed E-state index contributed by atoms with van der Waals surface area (Å²) < 4.78 is 5.88. The predicted octanol–water partition coefficient (Wildman–Crippen LogP) is 5.37. The Bertz CT molecular complexity index is 1420. The third kappa shape index (κ3) is 3.78. The molecule has 0 unspecified atom stereocenters. The number of ether oxygens (including phenoxy) is 1. The molecule has 0 saturated heterocycles. The Morgan fingerprint density at radius 2 is 1.56 bits per heavy atom. The van der Waals surface area contributed by atoms with E-state index >= 15 is 0 Å². The predicted molar refractivity (Wildman–Crippen MR) is 126 cm³/mol. The zero-order chi connectivity index (χ0) is 22.1. The first kappa shape index (κ1) is 19.8. The Hall–Kier alpha value is -4.19. The number of fused-ring (bicyclic) bond motifs is 2. The number of hydrogen-bond acceptors (Lipinski definition) is 4. The summed E-state index contributed by atoms with van der Waals surface area (Å²) in [6.07, 6.45) is 0. The van der Waals surface area contributed by atoms with Gasteiger partial charge in [0, 0.05) is 11.1 Å². The monoisotopic (exact) mass is 422 g/mol. The molecule has 0 aliphatic carbocycles. The minimum Gasteiger partial charge on any atom is -0.478 e. The SMILES string of the molecule is CC(C)(Oc1ccccc1)C(=O)Nc1ccc2nn(-c3cccc4ccccc34)nc2c1. The molecule has 6 heteroatoms. The lowest BCUT2D eigenvalue weighted by Gasteiger charge is -2.25. The average Bonchev–Trinajstić information content (AvgIpc) is 3.22. The molecule has 1 heterocycles. The van der Waals surface area contributed by atoms with Gasteiger partial charge in [-0.05, 0) is 55.6 Å². The van der Waals surface area contributed by atoms with E-state index in [0.717, 1.165) is 22.0 Å².